The third-order valence-electron chi connectivity index (χ3n) is 5.71. The minimum absolute atomic E-state index is 0.192. The summed E-state index contributed by atoms with van der Waals surface area (Å²) in [4.78, 5) is 16.5. The van der Waals surface area contributed by atoms with Crippen molar-refractivity contribution in [2.24, 2.45) is 5.92 Å². The van der Waals surface area contributed by atoms with Crippen LogP contribution in [0.15, 0.2) is 48.5 Å². The number of benzene rings is 2. The Morgan fingerprint density at radius 3 is 2.15 bits per heavy atom. The van der Waals surface area contributed by atoms with E-state index in [1.165, 1.54) is 12.1 Å². The van der Waals surface area contributed by atoms with Crippen molar-refractivity contribution in [3.8, 4) is 0 Å². The van der Waals surface area contributed by atoms with Gasteiger partial charge in [0.05, 0.1) is 18.3 Å². The Morgan fingerprint density at radius 1 is 1.00 bits per heavy atom. The fourth-order valence-electron chi connectivity index (χ4n) is 3.81. The molecular formula is C25H30ClF3N2O2. The molecule has 1 atom stereocenters. The van der Waals surface area contributed by atoms with Crippen molar-refractivity contribution in [2.45, 2.75) is 39.2 Å². The number of carbonyl (C=O) groups excluding carboxylic acids is 1. The molecule has 3 rings (SSSR count). The zero-order valence-corrected chi connectivity index (χ0v) is 19.7. The molecule has 0 saturated carbocycles. The third-order valence-corrected chi connectivity index (χ3v) is 5.96. The van der Waals surface area contributed by atoms with Crippen molar-refractivity contribution in [2.75, 3.05) is 32.7 Å². The van der Waals surface area contributed by atoms with Gasteiger partial charge in [0.25, 0.3) is 0 Å². The summed E-state index contributed by atoms with van der Waals surface area (Å²) in [5.41, 5.74) is 0.945. The number of nitrogens with zero attached hydrogens (tertiary/aromatic N) is 2. The van der Waals surface area contributed by atoms with Crippen LogP contribution in [0.4, 0.5) is 13.2 Å². The van der Waals surface area contributed by atoms with Gasteiger partial charge in [-0.1, -0.05) is 49.7 Å². The van der Waals surface area contributed by atoms with Crippen LogP contribution in [-0.4, -0.2) is 48.4 Å². The Morgan fingerprint density at radius 2 is 1.61 bits per heavy atom. The number of amides is 1. The molecule has 0 aromatic heterocycles. The summed E-state index contributed by atoms with van der Waals surface area (Å²) < 4.78 is 44.6. The molecule has 1 saturated heterocycles. The Balaban J connectivity index is 1.62. The molecule has 0 bridgehead atoms. The summed E-state index contributed by atoms with van der Waals surface area (Å²) in [5, 5.41) is 0.623. The number of carbonyl (C=O) groups is 1. The van der Waals surface area contributed by atoms with E-state index >= 15 is 0 Å². The van der Waals surface area contributed by atoms with E-state index in [1.807, 2.05) is 30.9 Å². The summed E-state index contributed by atoms with van der Waals surface area (Å²) in [7, 11) is 0. The van der Waals surface area contributed by atoms with E-state index in [9.17, 15) is 18.0 Å². The van der Waals surface area contributed by atoms with E-state index in [2.05, 4.69) is 4.90 Å². The van der Waals surface area contributed by atoms with E-state index < -0.39 is 11.7 Å². The highest BCUT2D eigenvalue weighted by molar-refractivity contribution is 6.30. The van der Waals surface area contributed by atoms with Gasteiger partial charge in [-0.25, -0.2) is 0 Å². The average molecular weight is 483 g/mol. The minimum Gasteiger partial charge on any atom is -0.368 e. The zero-order chi connectivity index (χ0) is 24.0. The molecule has 4 nitrogen and oxygen atoms in total. The van der Waals surface area contributed by atoms with E-state index in [4.69, 9.17) is 16.3 Å². The van der Waals surface area contributed by atoms with Gasteiger partial charge in [-0.3, -0.25) is 9.69 Å². The lowest BCUT2D eigenvalue weighted by Gasteiger charge is -2.36. The lowest BCUT2D eigenvalue weighted by atomic mass is 10.1. The first-order valence-corrected chi connectivity index (χ1v) is 11.5. The van der Waals surface area contributed by atoms with Gasteiger partial charge in [-0.15, -0.1) is 0 Å². The molecular weight excluding hydrogens is 453 g/mol. The van der Waals surface area contributed by atoms with Crippen molar-refractivity contribution in [1.29, 1.82) is 0 Å². The largest absolute Gasteiger partial charge is 0.416 e. The molecule has 0 aliphatic carbocycles. The van der Waals surface area contributed by atoms with E-state index in [0.29, 0.717) is 42.6 Å². The molecule has 0 unspecified atom stereocenters. The number of hydrogen-bond donors (Lipinski definition) is 0. The lowest BCUT2D eigenvalue weighted by Crippen LogP contribution is -2.49. The fraction of sp³-hybridized carbons (Fsp3) is 0.480. The molecule has 0 spiro atoms. The molecule has 2 aromatic rings. The smallest absolute Gasteiger partial charge is 0.368 e. The van der Waals surface area contributed by atoms with Crippen LogP contribution >= 0.6 is 11.6 Å². The van der Waals surface area contributed by atoms with Gasteiger partial charge in [-0.2, -0.15) is 13.2 Å². The second kappa shape index (κ2) is 11.4. The number of ether oxygens (including phenoxy) is 1. The maximum absolute atomic E-state index is 12.8. The summed E-state index contributed by atoms with van der Waals surface area (Å²) in [5.74, 6) is 0.529. The number of rotatable bonds is 8. The first-order valence-electron chi connectivity index (χ1n) is 11.1. The van der Waals surface area contributed by atoms with Crippen molar-refractivity contribution in [3.05, 3.63) is 70.2 Å². The highest BCUT2D eigenvalue weighted by Crippen LogP contribution is 2.30. The van der Waals surface area contributed by atoms with Crippen LogP contribution in [0.1, 0.15) is 43.1 Å². The molecule has 1 fully saturated rings. The topological polar surface area (TPSA) is 32.8 Å². The van der Waals surface area contributed by atoms with Crippen molar-refractivity contribution in [3.63, 3.8) is 0 Å². The van der Waals surface area contributed by atoms with Gasteiger partial charge in [0.2, 0.25) is 5.91 Å². The Bertz CT molecular complexity index is 893. The second-order valence-electron chi connectivity index (χ2n) is 8.83. The van der Waals surface area contributed by atoms with Crippen LogP contribution < -0.4 is 0 Å². The van der Waals surface area contributed by atoms with Crippen LogP contribution in [0.2, 0.25) is 5.02 Å². The predicted molar refractivity (Wildman–Crippen MR) is 123 cm³/mol. The number of halogens is 4. The van der Waals surface area contributed by atoms with Crippen LogP contribution in [0.5, 0.6) is 0 Å². The maximum Gasteiger partial charge on any atom is 0.416 e. The summed E-state index contributed by atoms with van der Waals surface area (Å²) >= 11 is 6.03. The van der Waals surface area contributed by atoms with Crippen LogP contribution in [0.3, 0.4) is 0 Å². The van der Waals surface area contributed by atoms with E-state index in [1.54, 1.807) is 12.1 Å². The SMILES string of the molecule is CC(C)CC(=O)N1CCN(C[C@H](OCc2ccc(C(F)(F)F)cc2)c2ccc(Cl)cc2)CC1. The van der Waals surface area contributed by atoms with Crippen molar-refractivity contribution in [1.82, 2.24) is 9.80 Å². The first-order chi connectivity index (χ1) is 15.6. The molecule has 1 aliphatic rings. The molecule has 1 amide bonds. The van der Waals surface area contributed by atoms with Gasteiger partial charge in [-0.05, 0) is 41.3 Å². The molecule has 1 heterocycles. The van der Waals surface area contributed by atoms with Gasteiger partial charge >= 0.3 is 6.18 Å². The highest BCUT2D eigenvalue weighted by atomic mass is 35.5. The van der Waals surface area contributed by atoms with Crippen LogP contribution in [0, 0.1) is 5.92 Å². The fourth-order valence-corrected chi connectivity index (χ4v) is 3.94. The van der Waals surface area contributed by atoms with Gasteiger partial charge in [0.1, 0.15) is 0 Å². The predicted octanol–water partition coefficient (Wildman–Crippen LogP) is 5.81. The summed E-state index contributed by atoms with van der Waals surface area (Å²) in [6, 6.07) is 12.4. The van der Waals surface area contributed by atoms with Crippen LogP contribution in [-0.2, 0) is 22.3 Å². The van der Waals surface area contributed by atoms with Crippen molar-refractivity contribution < 1.29 is 22.7 Å². The molecule has 180 valence electrons. The minimum atomic E-state index is -4.36. The monoisotopic (exact) mass is 482 g/mol. The summed E-state index contributed by atoms with van der Waals surface area (Å²) in [6.07, 6.45) is -4.07. The Labute approximate surface area is 198 Å². The van der Waals surface area contributed by atoms with Gasteiger partial charge in [0, 0.05) is 44.2 Å². The zero-order valence-electron chi connectivity index (χ0n) is 18.9. The molecule has 33 heavy (non-hydrogen) atoms. The van der Waals surface area contributed by atoms with Gasteiger partial charge < -0.3 is 9.64 Å². The number of hydrogen-bond acceptors (Lipinski definition) is 3. The van der Waals surface area contributed by atoms with E-state index in [0.717, 1.165) is 30.8 Å². The number of piperazine rings is 1. The molecule has 0 N–H and O–H groups in total. The third kappa shape index (κ3) is 7.73. The Hall–Kier alpha value is -2.09. The van der Waals surface area contributed by atoms with Crippen LogP contribution in [0.25, 0.3) is 0 Å². The Kier molecular flexibility index (Phi) is 8.79. The molecule has 2 aromatic carbocycles. The number of alkyl halides is 3. The lowest BCUT2D eigenvalue weighted by molar-refractivity contribution is -0.137. The molecule has 1 aliphatic heterocycles. The molecule has 8 heteroatoms. The standard InChI is InChI=1S/C25H30ClF3N2O2/c1-18(2)15-24(32)31-13-11-30(12-14-31)16-23(20-5-9-22(26)10-6-20)33-17-19-3-7-21(8-4-19)25(27,28)29/h3-10,18,23H,11-17H2,1-2H3/t23-/m0/s1. The highest BCUT2D eigenvalue weighted by Gasteiger charge is 2.30. The maximum atomic E-state index is 12.8. The normalized spacial score (nSPS) is 16.3. The van der Waals surface area contributed by atoms with Gasteiger partial charge in [0.15, 0.2) is 0 Å². The summed E-state index contributed by atoms with van der Waals surface area (Å²) in [6.45, 7) is 7.75. The van der Waals surface area contributed by atoms with E-state index in [-0.39, 0.29) is 18.6 Å². The van der Waals surface area contributed by atoms with Crippen molar-refractivity contribution >= 4 is 17.5 Å². The first kappa shape index (κ1) is 25.5. The average Bonchev–Trinajstić information content (AvgIpc) is 2.77. The quantitative estimate of drug-likeness (QED) is 0.476. The molecule has 0 radical (unpaired) electrons. The second-order valence-corrected chi connectivity index (χ2v) is 9.26.